The van der Waals surface area contributed by atoms with E-state index in [1.165, 1.54) is 25.4 Å². The van der Waals surface area contributed by atoms with Gasteiger partial charge in [-0.05, 0) is 74.2 Å². The lowest BCUT2D eigenvalue weighted by Gasteiger charge is -2.46. The Kier molecular flexibility index (Phi) is 12.3. The van der Waals surface area contributed by atoms with Gasteiger partial charge in [0, 0.05) is 70.4 Å². The number of amides is 4. The van der Waals surface area contributed by atoms with Crippen molar-refractivity contribution in [3.05, 3.63) is 101 Å². The van der Waals surface area contributed by atoms with Crippen molar-refractivity contribution < 1.29 is 46.6 Å². The Morgan fingerprint density at radius 3 is 2.38 bits per heavy atom. The van der Waals surface area contributed by atoms with Gasteiger partial charge in [-0.15, -0.1) is 0 Å². The highest BCUT2D eigenvalue weighted by Gasteiger charge is 2.48. The van der Waals surface area contributed by atoms with Crippen molar-refractivity contribution in [3.8, 4) is 29.1 Å². The molecule has 354 valence electrons. The van der Waals surface area contributed by atoms with Crippen molar-refractivity contribution in [2.24, 2.45) is 7.05 Å². The smallest absolute Gasteiger partial charge is 0.275 e. The third-order valence-electron chi connectivity index (χ3n) is 13.6. The SMILES string of the molecule is CCOc1cc([C@@H](CC#N)N2C(=O)c3cnc(N4CCN([C@H]5CCN(Cc6ccc(Oc7cc8c(cc7F)c([C@@]7(C)CCC(=O)NC7=O)nn8C)cc6)CC5(F)F)CC4)cc3C2=O)ccc1OC. The molecule has 1 N–H and O–H groups in total. The number of ether oxygens (including phenoxy) is 3. The number of aromatic nitrogens is 3. The number of benzene rings is 3. The number of alkyl halides is 2. The Morgan fingerprint density at radius 2 is 1.69 bits per heavy atom. The third kappa shape index (κ3) is 8.47. The predicted molar refractivity (Wildman–Crippen MR) is 241 cm³/mol. The van der Waals surface area contributed by atoms with E-state index in [9.17, 15) is 24.4 Å². The minimum Gasteiger partial charge on any atom is -0.493 e. The van der Waals surface area contributed by atoms with Gasteiger partial charge in [0.05, 0.1) is 72.6 Å². The molecule has 4 aliphatic heterocycles. The maximum atomic E-state index is 16.0. The molecular weight excluding hydrogens is 884 g/mol. The molecule has 16 nitrogen and oxygen atoms in total. The van der Waals surface area contributed by atoms with Gasteiger partial charge < -0.3 is 19.1 Å². The first-order valence-electron chi connectivity index (χ1n) is 22.5. The number of fused-ring (bicyclic) bond motifs is 2. The van der Waals surface area contributed by atoms with Crippen LogP contribution in [0.1, 0.15) is 83.1 Å². The quantitative estimate of drug-likeness (QED) is 0.131. The van der Waals surface area contributed by atoms with Gasteiger partial charge in [-0.25, -0.2) is 18.2 Å². The van der Waals surface area contributed by atoms with E-state index in [1.54, 1.807) is 72.1 Å². The fourth-order valence-electron chi connectivity index (χ4n) is 9.88. The first-order valence-corrected chi connectivity index (χ1v) is 22.5. The summed E-state index contributed by atoms with van der Waals surface area (Å²) in [6.07, 6.45) is 1.87. The number of methoxy groups -OCH3 is 1. The molecule has 6 heterocycles. The Morgan fingerprint density at radius 1 is 0.941 bits per heavy atom. The normalized spacial score (nSPS) is 21.4. The number of hydrogen-bond donors (Lipinski definition) is 1. The number of pyridine rings is 1. The molecule has 3 fully saturated rings. The van der Waals surface area contributed by atoms with E-state index in [-0.39, 0.29) is 55.0 Å². The summed E-state index contributed by atoms with van der Waals surface area (Å²) in [5.41, 5.74) is 1.41. The molecular formula is C49H50F3N9O7. The minimum atomic E-state index is -3.00. The molecule has 0 unspecified atom stereocenters. The Hall–Kier alpha value is -7.04. The van der Waals surface area contributed by atoms with Crippen molar-refractivity contribution in [2.45, 2.75) is 69.5 Å². The zero-order valence-electron chi connectivity index (χ0n) is 38.1. The Bertz CT molecular complexity index is 2860. The van der Waals surface area contributed by atoms with Gasteiger partial charge in [-0.3, -0.25) is 43.9 Å². The highest BCUT2D eigenvalue weighted by Crippen LogP contribution is 2.41. The number of rotatable bonds is 13. The average molecular weight is 934 g/mol. The molecule has 0 bridgehead atoms. The Labute approximate surface area is 390 Å². The summed E-state index contributed by atoms with van der Waals surface area (Å²) in [4.78, 5) is 63.3. The number of halogens is 3. The number of nitrogens with one attached hydrogen (secondary N) is 1. The number of hydrogen-bond acceptors (Lipinski definition) is 13. The molecule has 0 saturated carbocycles. The van der Waals surface area contributed by atoms with Crippen LogP contribution in [0.25, 0.3) is 10.9 Å². The first-order chi connectivity index (χ1) is 32.6. The molecule has 0 aliphatic carbocycles. The maximum absolute atomic E-state index is 16.0. The number of anilines is 1. The summed E-state index contributed by atoms with van der Waals surface area (Å²) in [6, 6.07) is 16.5. The zero-order chi connectivity index (χ0) is 48.1. The molecule has 68 heavy (non-hydrogen) atoms. The molecule has 2 aromatic heterocycles. The molecule has 3 saturated heterocycles. The largest absolute Gasteiger partial charge is 0.493 e. The monoisotopic (exact) mass is 933 g/mol. The van der Waals surface area contributed by atoms with Crippen LogP contribution >= 0.6 is 0 Å². The topological polar surface area (TPSA) is 175 Å². The maximum Gasteiger partial charge on any atom is 0.275 e. The number of piperidine rings is 2. The van der Waals surface area contributed by atoms with Crippen LogP contribution in [0.4, 0.5) is 19.0 Å². The van der Waals surface area contributed by atoms with Gasteiger partial charge in [0.2, 0.25) is 11.8 Å². The Balaban J connectivity index is 0.797. The third-order valence-corrected chi connectivity index (χ3v) is 13.6. The number of likely N-dealkylation sites (tertiary alicyclic amines) is 1. The van der Waals surface area contributed by atoms with Crippen molar-refractivity contribution in [1.82, 2.24) is 34.8 Å². The number of nitrogens with zero attached hydrogens (tertiary/aromatic N) is 8. The molecule has 3 aromatic carbocycles. The second-order valence-electron chi connectivity index (χ2n) is 17.8. The number of carbonyl (C=O) groups is 4. The summed E-state index contributed by atoms with van der Waals surface area (Å²) in [5.74, 6) is -3.97. The fraction of sp³-hybridized carbons (Fsp3) is 0.408. The van der Waals surface area contributed by atoms with E-state index >= 15 is 13.2 Å². The summed E-state index contributed by atoms with van der Waals surface area (Å²) in [7, 11) is 3.19. The van der Waals surface area contributed by atoms with Gasteiger partial charge in [0.25, 0.3) is 17.7 Å². The summed E-state index contributed by atoms with van der Waals surface area (Å²) >= 11 is 0. The second kappa shape index (κ2) is 18.2. The fourth-order valence-corrected chi connectivity index (χ4v) is 9.88. The molecule has 4 aliphatic rings. The van der Waals surface area contributed by atoms with Gasteiger partial charge >= 0.3 is 0 Å². The van der Waals surface area contributed by atoms with Gasteiger partial charge in [0.1, 0.15) is 11.6 Å². The summed E-state index contributed by atoms with van der Waals surface area (Å²) < 4.78 is 66.0. The summed E-state index contributed by atoms with van der Waals surface area (Å²) in [5, 5.41) is 17.1. The van der Waals surface area contributed by atoms with Crippen LogP contribution < -0.4 is 24.4 Å². The van der Waals surface area contributed by atoms with E-state index < -0.39 is 53.5 Å². The standard InChI is InChI=1S/C49H50F3N9O7/c1-5-67-40-22-30(8-11-38(40)66-4)36(13-16-53)61-45(63)32-24-42(54-26-34(32)46(61)64)60-20-18-59(19-21-60)41-14-17-58(28-49(41,51)52)27-29-6-9-31(10-7-29)68-39-25-37-33(23-35(39)50)44(56-57(37)3)48(2)15-12-43(62)55-47(48)65/h6-11,22-26,36,41H,5,12-15,17-21,27-28H2,1-4H3,(H,55,62,65)/t36-,41+,48-/m1/s1. The minimum absolute atomic E-state index is 0.0536. The van der Waals surface area contributed by atoms with Crippen LogP contribution in [0.5, 0.6) is 23.0 Å². The van der Waals surface area contributed by atoms with Crippen LogP contribution in [0.15, 0.2) is 66.9 Å². The van der Waals surface area contributed by atoms with Crippen LogP contribution in [-0.2, 0) is 28.6 Å². The lowest BCUT2D eigenvalue weighted by atomic mass is 9.77. The second-order valence-corrected chi connectivity index (χ2v) is 17.8. The van der Waals surface area contributed by atoms with Crippen LogP contribution in [-0.4, -0.2) is 118 Å². The van der Waals surface area contributed by atoms with E-state index in [0.717, 1.165) is 10.5 Å². The van der Waals surface area contributed by atoms with Gasteiger partial charge in [-0.1, -0.05) is 18.2 Å². The van der Waals surface area contributed by atoms with Crippen LogP contribution in [0.3, 0.4) is 0 Å². The van der Waals surface area contributed by atoms with Gasteiger partial charge in [-0.2, -0.15) is 10.4 Å². The molecule has 5 aromatic rings. The van der Waals surface area contributed by atoms with E-state index in [2.05, 4.69) is 21.5 Å². The van der Waals surface area contributed by atoms with E-state index in [4.69, 9.17) is 14.2 Å². The molecule has 3 atom stereocenters. The predicted octanol–water partition coefficient (Wildman–Crippen LogP) is 6.28. The van der Waals surface area contributed by atoms with E-state index in [1.807, 2.05) is 16.7 Å². The van der Waals surface area contributed by atoms with Crippen molar-refractivity contribution in [3.63, 3.8) is 0 Å². The van der Waals surface area contributed by atoms with Crippen molar-refractivity contribution in [2.75, 3.05) is 57.9 Å². The van der Waals surface area contributed by atoms with Crippen molar-refractivity contribution >= 4 is 40.3 Å². The molecule has 9 rings (SSSR count). The molecule has 19 heteroatoms. The van der Waals surface area contributed by atoms with Gasteiger partial charge in [0.15, 0.2) is 23.1 Å². The zero-order valence-corrected chi connectivity index (χ0v) is 38.1. The number of nitriles is 1. The van der Waals surface area contributed by atoms with Crippen LogP contribution in [0, 0.1) is 17.1 Å². The average Bonchev–Trinajstić information content (AvgIpc) is 3.77. The highest BCUT2D eigenvalue weighted by molar-refractivity contribution is 6.21. The highest BCUT2D eigenvalue weighted by atomic mass is 19.3. The lowest BCUT2D eigenvalue weighted by molar-refractivity contribution is -0.137. The number of imide groups is 2. The number of piperazine rings is 1. The first kappa shape index (κ1) is 46.1. The van der Waals surface area contributed by atoms with Crippen LogP contribution in [0.2, 0.25) is 0 Å². The number of carbonyl (C=O) groups excluding carboxylic acids is 4. The lowest BCUT2D eigenvalue weighted by Crippen LogP contribution is -2.61. The van der Waals surface area contributed by atoms with Crippen molar-refractivity contribution in [1.29, 1.82) is 5.26 Å². The summed E-state index contributed by atoms with van der Waals surface area (Å²) in [6.45, 7) is 5.61. The molecule has 0 spiro atoms. The van der Waals surface area contributed by atoms with E-state index in [0.29, 0.717) is 84.6 Å². The number of aryl methyl sites for hydroxylation is 1. The molecule has 0 radical (unpaired) electrons. The molecule has 4 amide bonds.